The van der Waals surface area contributed by atoms with Gasteiger partial charge < -0.3 is 11.1 Å². The second kappa shape index (κ2) is 5.96. The van der Waals surface area contributed by atoms with Gasteiger partial charge in [-0.2, -0.15) is 5.10 Å². The number of nitrogen functional groups attached to an aromatic ring is 1. The van der Waals surface area contributed by atoms with Crippen LogP contribution in [0.5, 0.6) is 0 Å². The van der Waals surface area contributed by atoms with E-state index in [1.165, 1.54) is 30.0 Å². The number of hydrogen-bond donors (Lipinski definition) is 2. The summed E-state index contributed by atoms with van der Waals surface area (Å²) in [5.41, 5.74) is 5.95. The van der Waals surface area contributed by atoms with Crippen LogP contribution in [0.4, 0.5) is 15.8 Å². The lowest BCUT2D eigenvalue weighted by molar-refractivity contribution is -0.115. The molecule has 0 aliphatic heterocycles. The third-order valence-corrected chi connectivity index (χ3v) is 3.68. The van der Waals surface area contributed by atoms with E-state index >= 15 is 0 Å². The first-order valence-corrected chi connectivity index (χ1v) is 6.85. The molecule has 0 spiro atoms. The van der Waals surface area contributed by atoms with Crippen LogP contribution in [0.15, 0.2) is 35.5 Å². The third-order valence-electron chi connectivity index (χ3n) is 2.63. The molecule has 2 rings (SSSR count). The molecule has 7 heteroatoms. The van der Waals surface area contributed by atoms with Gasteiger partial charge in [-0.15, -0.1) is 11.8 Å². The summed E-state index contributed by atoms with van der Waals surface area (Å²) in [6.07, 6.45) is 3.54. The Labute approximate surface area is 120 Å². The number of anilines is 2. The Morgan fingerprint density at radius 2 is 2.30 bits per heavy atom. The van der Waals surface area contributed by atoms with Gasteiger partial charge in [0.25, 0.3) is 0 Å². The van der Waals surface area contributed by atoms with E-state index in [9.17, 15) is 9.18 Å². The molecule has 1 atom stereocenters. The number of benzene rings is 1. The van der Waals surface area contributed by atoms with E-state index in [1.54, 1.807) is 17.8 Å². The van der Waals surface area contributed by atoms with E-state index in [0.717, 1.165) is 4.90 Å². The molecule has 0 aliphatic carbocycles. The quantitative estimate of drug-likeness (QED) is 0.670. The number of thioether (sulfide) groups is 1. The normalized spacial score (nSPS) is 12.2. The number of nitrogens with one attached hydrogen (secondary N) is 1. The summed E-state index contributed by atoms with van der Waals surface area (Å²) in [6, 6.07) is 4.10. The molecule has 1 aromatic carbocycles. The molecule has 1 heterocycles. The van der Waals surface area contributed by atoms with Gasteiger partial charge in [-0.3, -0.25) is 9.48 Å². The Kier molecular flexibility index (Phi) is 4.29. The number of nitrogens with two attached hydrogens (primary N) is 1. The summed E-state index contributed by atoms with van der Waals surface area (Å²) in [4.78, 5) is 12.9. The minimum absolute atomic E-state index is 0.00960. The van der Waals surface area contributed by atoms with E-state index in [1.807, 2.05) is 13.2 Å². The molecule has 1 aromatic heterocycles. The molecule has 2 aromatic rings. The number of nitrogens with zero attached hydrogens (tertiary/aromatic N) is 2. The third kappa shape index (κ3) is 3.51. The number of carbonyl (C=O) groups is 1. The fraction of sp³-hybridized carbons (Fsp3) is 0.231. The minimum atomic E-state index is -0.499. The SMILES string of the molecule is CC(Sc1cnn(C)c1)C(=O)Nc1ccc(F)c(N)c1. The number of rotatable bonds is 4. The highest BCUT2D eigenvalue weighted by atomic mass is 32.2. The van der Waals surface area contributed by atoms with Gasteiger partial charge in [0.1, 0.15) is 5.82 Å². The van der Waals surface area contributed by atoms with E-state index < -0.39 is 5.82 Å². The lowest BCUT2D eigenvalue weighted by Crippen LogP contribution is -2.22. The van der Waals surface area contributed by atoms with Crippen molar-refractivity contribution in [3.63, 3.8) is 0 Å². The van der Waals surface area contributed by atoms with Crippen molar-refractivity contribution in [2.75, 3.05) is 11.1 Å². The topological polar surface area (TPSA) is 72.9 Å². The van der Waals surface area contributed by atoms with Crippen molar-refractivity contribution in [2.24, 2.45) is 7.05 Å². The van der Waals surface area contributed by atoms with Gasteiger partial charge in [0.2, 0.25) is 5.91 Å². The van der Waals surface area contributed by atoms with Crippen LogP contribution >= 0.6 is 11.8 Å². The maximum Gasteiger partial charge on any atom is 0.237 e. The molecule has 0 radical (unpaired) electrons. The lowest BCUT2D eigenvalue weighted by Gasteiger charge is -2.11. The highest BCUT2D eigenvalue weighted by Gasteiger charge is 2.15. The summed E-state index contributed by atoms with van der Waals surface area (Å²) < 4.78 is 14.7. The van der Waals surface area contributed by atoms with Crippen LogP contribution < -0.4 is 11.1 Å². The standard InChI is InChI=1S/C13H15FN4OS/c1-8(20-10-6-16-18(2)7-10)13(19)17-9-3-4-11(14)12(15)5-9/h3-8H,15H2,1-2H3,(H,17,19). The molecular formula is C13H15FN4OS. The molecule has 0 aliphatic rings. The number of aromatic nitrogens is 2. The van der Waals surface area contributed by atoms with Crippen molar-refractivity contribution >= 4 is 29.0 Å². The first kappa shape index (κ1) is 14.4. The highest BCUT2D eigenvalue weighted by molar-refractivity contribution is 8.00. The smallest absolute Gasteiger partial charge is 0.237 e. The van der Waals surface area contributed by atoms with E-state index in [-0.39, 0.29) is 16.8 Å². The fourth-order valence-electron chi connectivity index (χ4n) is 1.58. The van der Waals surface area contributed by atoms with Crippen molar-refractivity contribution in [3.8, 4) is 0 Å². The Bertz CT molecular complexity index is 629. The van der Waals surface area contributed by atoms with Crippen molar-refractivity contribution in [3.05, 3.63) is 36.4 Å². The zero-order valence-corrected chi connectivity index (χ0v) is 11.9. The summed E-state index contributed by atoms with van der Waals surface area (Å²) in [5.74, 6) is -0.675. The number of amides is 1. The zero-order chi connectivity index (χ0) is 14.7. The molecule has 1 amide bonds. The van der Waals surface area contributed by atoms with E-state index in [4.69, 9.17) is 5.73 Å². The number of hydrogen-bond acceptors (Lipinski definition) is 4. The molecule has 0 fully saturated rings. The van der Waals surface area contributed by atoms with Crippen LogP contribution in [0, 0.1) is 5.82 Å². The average Bonchev–Trinajstić information content (AvgIpc) is 2.79. The molecule has 0 saturated heterocycles. The molecular weight excluding hydrogens is 279 g/mol. The Morgan fingerprint density at radius 1 is 1.55 bits per heavy atom. The molecule has 0 bridgehead atoms. The number of halogens is 1. The number of aryl methyl sites for hydroxylation is 1. The predicted molar refractivity (Wildman–Crippen MR) is 78.0 cm³/mol. The zero-order valence-electron chi connectivity index (χ0n) is 11.1. The maximum absolute atomic E-state index is 13.0. The minimum Gasteiger partial charge on any atom is -0.396 e. The van der Waals surface area contributed by atoms with Crippen LogP contribution in [0.3, 0.4) is 0 Å². The van der Waals surface area contributed by atoms with E-state index in [0.29, 0.717) is 5.69 Å². The van der Waals surface area contributed by atoms with Crippen molar-refractivity contribution in [1.82, 2.24) is 9.78 Å². The van der Waals surface area contributed by atoms with Crippen molar-refractivity contribution < 1.29 is 9.18 Å². The largest absolute Gasteiger partial charge is 0.396 e. The second-order valence-electron chi connectivity index (χ2n) is 4.34. The summed E-state index contributed by atoms with van der Waals surface area (Å²) in [5, 5.41) is 6.44. The van der Waals surface area contributed by atoms with Crippen LogP contribution in [0.25, 0.3) is 0 Å². The van der Waals surface area contributed by atoms with Gasteiger partial charge in [0.15, 0.2) is 0 Å². The molecule has 106 valence electrons. The Balaban J connectivity index is 1.98. The highest BCUT2D eigenvalue weighted by Crippen LogP contribution is 2.24. The number of carbonyl (C=O) groups excluding carboxylic acids is 1. The van der Waals surface area contributed by atoms with Crippen LogP contribution in [0.2, 0.25) is 0 Å². The molecule has 20 heavy (non-hydrogen) atoms. The first-order chi connectivity index (χ1) is 9.45. The fourth-order valence-corrected chi connectivity index (χ4v) is 2.48. The Hall–Kier alpha value is -2.02. The van der Waals surface area contributed by atoms with Gasteiger partial charge in [0.05, 0.1) is 17.1 Å². The second-order valence-corrected chi connectivity index (χ2v) is 5.75. The summed E-state index contributed by atoms with van der Waals surface area (Å²) in [6.45, 7) is 1.79. The van der Waals surface area contributed by atoms with Crippen LogP contribution in [0.1, 0.15) is 6.92 Å². The van der Waals surface area contributed by atoms with Crippen molar-refractivity contribution in [2.45, 2.75) is 17.1 Å². The maximum atomic E-state index is 13.0. The van der Waals surface area contributed by atoms with Gasteiger partial charge >= 0.3 is 0 Å². The first-order valence-electron chi connectivity index (χ1n) is 5.97. The van der Waals surface area contributed by atoms with Gasteiger partial charge in [0, 0.05) is 23.8 Å². The van der Waals surface area contributed by atoms with Gasteiger partial charge in [-0.1, -0.05) is 0 Å². The summed E-state index contributed by atoms with van der Waals surface area (Å²) in [7, 11) is 1.82. The molecule has 5 nitrogen and oxygen atoms in total. The summed E-state index contributed by atoms with van der Waals surface area (Å²) >= 11 is 1.40. The molecule has 3 N–H and O–H groups in total. The van der Waals surface area contributed by atoms with Crippen LogP contribution in [-0.2, 0) is 11.8 Å². The monoisotopic (exact) mass is 294 g/mol. The molecule has 1 unspecified atom stereocenters. The van der Waals surface area contributed by atoms with Crippen LogP contribution in [-0.4, -0.2) is 20.9 Å². The predicted octanol–water partition coefficient (Wildman–Crippen LogP) is 2.26. The Morgan fingerprint density at radius 3 is 2.90 bits per heavy atom. The van der Waals surface area contributed by atoms with Crippen molar-refractivity contribution in [1.29, 1.82) is 0 Å². The molecule has 0 saturated carbocycles. The average molecular weight is 294 g/mol. The van der Waals surface area contributed by atoms with Gasteiger partial charge in [-0.05, 0) is 25.1 Å². The van der Waals surface area contributed by atoms with E-state index in [2.05, 4.69) is 10.4 Å². The lowest BCUT2D eigenvalue weighted by atomic mass is 10.2. The van der Waals surface area contributed by atoms with Gasteiger partial charge in [-0.25, -0.2) is 4.39 Å².